The van der Waals surface area contributed by atoms with Crippen LogP contribution in [0.2, 0.25) is 0 Å². The largest absolute Gasteiger partial charge is 0.349 e. The van der Waals surface area contributed by atoms with Crippen LogP contribution in [0, 0.1) is 5.95 Å². The number of carbonyl (C=O) groups is 1. The molecule has 0 aliphatic rings. The van der Waals surface area contributed by atoms with Crippen molar-refractivity contribution in [1.29, 1.82) is 0 Å². The summed E-state index contributed by atoms with van der Waals surface area (Å²) in [5.74, 6) is -1.10. The molecule has 1 N–H and O–H groups in total. The van der Waals surface area contributed by atoms with Gasteiger partial charge < -0.3 is 5.32 Å². The van der Waals surface area contributed by atoms with Gasteiger partial charge in [-0.25, -0.2) is 4.98 Å². The molecule has 1 atom stereocenters. The minimum absolute atomic E-state index is 0.0112. The number of aromatic nitrogens is 1. The third kappa shape index (κ3) is 3.29. The molecule has 3 nitrogen and oxygen atoms in total. The topological polar surface area (TPSA) is 42.0 Å². The second kappa shape index (κ2) is 6.20. The van der Waals surface area contributed by atoms with E-state index in [0.717, 1.165) is 19.3 Å². The SMILES string of the molecule is CCCC(CC)NC(=O)c1cccnc1F. The second-order valence-corrected chi connectivity index (χ2v) is 3.71. The van der Waals surface area contributed by atoms with E-state index in [1.807, 2.05) is 6.92 Å². The van der Waals surface area contributed by atoms with Crippen molar-refractivity contribution in [3.8, 4) is 0 Å². The molecule has 0 saturated heterocycles. The normalized spacial score (nSPS) is 12.2. The molecule has 1 amide bonds. The molecule has 1 unspecified atom stereocenters. The van der Waals surface area contributed by atoms with E-state index in [2.05, 4.69) is 17.2 Å². The van der Waals surface area contributed by atoms with E-state index < -0.39 is 5.95 Å². The number of hydrogen-bond donors (Lipinski definition) is 1. The number of pyridine rings is 1. The smallest absolute Gasteiger partial charge is 0.256 e. The van der Waals surface area contributed by atoms with Crippen LogP contribution in [0.5, 0.6) is 0 Å². The van der Waals surface area contributed by atoms with Crippen molar-refractivity contribution >= 4 is 5.91 Å². The van der Waals surface area contributed by atoms with Crippen molar-refractivity contribution in [1.82, 2.24) is 10.3 Å². The van der Waals surface area contributed by atoms with Crippen molar-refractivity contribution in [3.63, 3.8) is 0 Å². The molecular weight excluding hydrogens is 207 g/mol. The lowest BCUT2D eigenvalue weighted by Gasteiger charge is -2.15. The fraction of sp³-hybridized carbons (Fsp3) is 0.500. The van der Waals surface area contributed by atoms with Crippen LogP contribution in [0.3, 0.4) is 0 Å². The molecule has 0 bridgehead atoms. The summed E-state index contributed by atoms with van der Waals surface area (Å²) in [6.45, 7) is 4.06. The van der Waals surface area contributed by atoms with Gasteiger partial charge in [0.25, 0.3) is 5.91 Å². The number of hydrogen-bond acceptors (Lipinski definition) is 2. The van der Waals surface area contributed by atoms with Crippen LogP contribution in [0.15, 0.2) is 18.3 Å². The summed E-state index contributed by atoms with van der Waals surface area (Å²) in [5, 5.41) is 2.81. The Morgan fingerprint density at radius 2 is 2.31 bits per heavy atom. The molecule has 0 saturated carbocycles. The highest BCUT2D eigenvalue weighted by Gasteiger charge is 2.15. The molecule has 1 rings (SSSR count). The van der Waals surface area contributed by atoms with Gasteiger partial charge in [-0.2, -0.15) is 4.39 Å². The van der Waals surface area contributed by atoms with Gasteiger partial charge in [0.1, 0.15) is 0 Å². The molecule has 0 spiro atoms. The van der Waals surface area contributed by atoms with E-state index in [4.69, 9.17) is 0 Å². The summed E-state index contributed by atoms with van der Waals surface area (Å²) in [4.78, 5) is 15.2. The molecule has 4 heteroatoms. The van der Waals surface area contributed by atoms with Gasteiger partial charge in [0.05, 0.1) is 5.56 Å². The Balaban J connectivity index is 2.68. The van der Waals surface area contributed by atoms with Gasteiger partial charge in [0.2, 0.25) is 5.95 Å². The van der Waals surface area contributed by atoms with Crippen molar-refractivity contribution in [3.05, 3.63) is 29.8 Å². The zero-order valence-electron chi connectivity index (χ0n) is 9.66. The first-order chi connectivity index (χ1) is 7.69. The first-order valence-corrected chi connectivity index (χ1v) is 5.60. The van der Waals surface area contributed by atoms with Crippen LogP contribution in [0.25, 0.3) is 0 Å². The molecule has 1 heterocycles. The fourth-order valence-corrected chi connectivity index (χ4v) is 1.55. The van der Waals surface area contributed by atoms with Crippen molar-refractivity contribution in [2.24, 2.45) is 0 Å². The first-order valence-electron chi connectivity index (χ1n) is 5.60. The van der Waals surface area contributed by atoms with Crippen LogP contribution in [-0.2, 0) is 0 Å². The third-order valence-electron chi connectivity index (χ3n) is 2.47. The Bertz CT molecular complexity index is 355. The number of amides is 1. The molecule has 0 aliphatic carbocycles. The quantitative estimate of drug-likeness (QED) is 0.781. The Morgan fingerprint density at radius 3 is 2.88 bits per heavy atom. The van der Waals surface area contributed by atoms with Crippen LogP contribution in [0.1, 0.15) is 43.5 Å². The Morgan fingerprint density at radius 1 is 1.56 bits per heavy atom. The second-order valence-electron chi connectivity index (χ2n) is 3.71. The summed E-state index contributed by atoms with van der Waals surface area (Å²) in [6.07, 6.45) is 4.08. The third-order valence-corrected chi connectivity index (χ3v) is 2.47. The van der Waals surface area contributed by atoms with E-state index in [0.29, 0.717) is 0 Å². The molecule has 1 aromatic heterocycles. The zero-order chi connectivity index (χ0) is 12.0. The minimum atomic E-state index is -0.716. The lowest BCUT2D eigenvalue weighted by Crippen LogP contribution is -2.34. The lowest BCUT2D eigenvalue weighted by atomic mass is 10.1. The van der Waals surface area contributed by atoms with Crippen molar-refractivity contribution < 1.29 is 9.18 Å². The standard InChI is InChI=1S/C12H17FN2O/c1-3-6-9(4-2)15-12(16)10-7-5-8-14-11(10)13/h5,7-9H,3-4,6H2,1-2H3,(H,15,16). The molecule has 0 radical (unpaired) electrons. The van der Waals surface area contributed by atoms with Gasteiger partial charge in [-0.05, 0) is 25.0 Å². The molecule has 0 aliphatic heterocycles. The van der Waals surface area contributed by atoms with Crippen molar-refractivity contribution in [2.75, 3.05) is 0 Å². The molecular formula is C12H17FN2O. The summed E-state index contributed by atoms with van der Waals surface area (Å²) < 4.78 is 13.2. The molecule has 0 aromatic carbocycles. The average Bonchev–Trinajstić information content (AvgIpc) is 2.28. The maximum atomic E-state index is 13.2. The number of rotatable bonds is 5. The number of carbonyl (C=O) groups excluding carboxylic acids is 1. The summed E-state index contributed by atoms with van der Waals surface area (Å²) >= 11 is 0. The first kappa shape index (κ1) is 12.6. The highest BCUT2D eigenvalue weighted by Crippen LogP contribution is 2.06. The Hall–Kier alpha value is -1.45. The van der Waals surface area contributed by atoms with Gasteiger partial charge in [0.15, 0.2) is 0 Å². The Kier molecular flexibility index (Phi) is 4.89. The highest BCUT2D eigenvalue weighted by atomic mass is 19.1. The van der Waals surface area contributed by atoms with E-state index in [1.165, 1.54) is 12.3 Å². The van der Waals surface area contributed by atoms with Gasteiger partial charge >= 0.3 is 0 Å². The maximum absolute atomic E-state index is 13.2. The summed E-state index contributed by atoms with van der Waals surface area (Å²) in [6, 6.07) is 3.10. The molecule has 88 valence electrons. The minimum Gasteiger partial charge on any atom is -0.349 e. The average molecular weight is 224 g/mol. The van der Waals surface area contributed by atoms with Gasteiger partial charge in [-0.1, -0.05) is 20.3 Å². The maximum Gasteiger partial charge on any atom is 0.256 e. The van der Waals surface area contributed by atoms with Gasteiger partial charge in [-0.15, -0.1) is 0 Å². The number of halogens is 1. The highest BCUT2D eigenvalue weighted by molar-refractivity contribution is 5.94. The van der Waals surface area contributed by atoms with Crippen LogP contribution >= 0.6 is 0 Å². The predicted molar refractivity (Wildman–Crippen MR) is 60.6 cm³/mol. The number of nitrogens with zero attached hydrogens (tertiary/aromatic N) is 1. The predicted octanol–water partition coefficient (Wildman–Crippen LogP) is 2.53. The van der Waals surface area contributed by atoms with E-state index >= 15 is 0 Å². The van der Waals surface area contributed by atoms with E-state index in [1.54, 1.807) is 6.07 Å². The van der Waals surface area contributed by atoms with Crippen molar-refractivity contribution in [2.45, 2.75) is 39.2 Å². The van der Waals surface area contributed by atoms with Gasteiger partial charge in [0, 0.05) is 12.2 Å². The molecule has 0 fully saturated rings. The zero-order valence-corrected chi connectivity index (χ0v) is 9.66. The Labute approximate surface area is 95.1 Å². The van der Waals surface area contributed by atoms with Crippen LogP contribution in [0.4, 0.5) is 4.39 Å². The summed E-state index contributed by atoms with van der Waals surface area (Å²) in [5.41, 5.74) is 0.0112. The van der Waals surface area contributed by atoms with E-state index in [-0.39, 0.29) is 17.5 Å². The van der Waals surface area contributed by atoms with E-state index in [9.17, 15) is 9.18 Å². The fourth-order valence-electron chi connectivity index (χ4n) is 1.55. The van der Waals surface area contributed by atoms with Gasteiger partial charge in [-0.3, -0.25) is 4.79 Å². The van der Waals surface area contributed by atoms with Crippen LogP contribution < -0.4 is 5.32 Å². The molecule has 16 heavy (non-hydrogen) atoms. The molecule has 1 aromatic rings. The van der Waals surface area contributed by atoms with Crippen LogP contribution in [-0.4, -0.2) is 16.9 Å². The summed E-state index contributed by atoms with van der Waals surface area (Å²) in [7, 11) is 0. The monoisotopic (exact) mass is 224 g/mol. The number of nitrogens with one attached hydrogen (secondary N) is 1. The lowest BCUT2D eigenvalue weighted by molar-refractivity contribution is 0.0928.